The number of nitro groups is 2. The van der Waals surface area contributed by atoms with Gasteiger partial charge in [0, 0.05) is 41.3 Å². The minimum Gasteiger partial charge on any atom is -0.310 e. The number of anilines is 3. The largest absolute Gasteiger partial charge is 0.310 e. The average molecular weight is 363 g/mol. The summed E-state index contributed by atoms with van der Waals surface area (Å²) < 4.78 is 0. The van der Waals surface area contributed by atoms with Crippen LogP contribution in [0.4, 0.5) is 28.4 Å². The van der Waals surface area contributed by atoms with Crippen molar-refractivity contribution in [3.63, 3.8) is 0 Å². The van der Waals surface area contributed by atoms with Crippen LogP contribution in [-0.4, -0.2) is 9.85 Å². The molecule has 0 heterocycles. The molecule has 0 aliphatic heterocycles. The lowest BCUT2D eigenvalue weighted by Crippen LogP contribution is -2.10. The fourth-order valence-corrected chi connectivity index (χ4v) is 2.97. The van der Waals surface area contributed by atoms with E-state index in [9.17, 15) is 20.2 Å². The Morgan fingerprint density at radius 3 is 1.33 bits per heavy atom. The van der Waals surface area contributed by atoms with Crippen molar-refractivity contribution in [3.8, 4) is 0 Å². The maximum atomic E-state index is 10.9. The summed E-state index contributed by atoms with van der Waals surface area (Å²) in [6.45, 7) is 3.97. The van der Waals surface area contributed by atoms with Crippen LogP contribution in [0.5, 0.6) is 0 Å². The highest BCUT2D eigenvalue weighted by atomic mass is 16.6. The molecule has 0 N–H and O–H groups in total. The fourth-order valence-electron chi connectivity index (χ4n) is 2.97. The van der Waals surface area contributed by atoms with Crippen LogP contribution in [0.3, 0.4) is 0 Å². The topological polar surface area (TPSA) is 89.5 Å². The number of benzene rings is 3. The smallest absolute Gasteiger partial charge is 0.269 e. The lowest BCUT2D eigenvalue weighted by molar-refractivity contribution is -0.385. The van der Waals surface area contributed by atoms with E-state index in [2.05, 4.69) is 0 Å². The normalized spacial score (nSPS) is 10.4. The van der Waals surface area contributed by atoms with Crippen LogP contribution in [0, 0.1) is 34.1 Å². The van der Waals surface area contributed by atoms with Gasteiger partial charge in [0.15, 0.2) is 0 Å². The summed E-state index contributed by atoms with van der Waals surface area (Å²) in [6, 6.07) is 18.5. The Morgan fingerprint density at radius 1 is 0.630 bits per heavy atom. The maximum Gasteiger partial charge on any atom is 0.269 e. The van der Waals surface area contributed by atoms with Gasteiger partial charge in [-0.3, -0.25) is 20.2 Å². The van der Waals surface area contributed by atoms with Crippen LogP contribution >= 0.6 is 0 Å². The summed E-state index contributed by atoms with van der Waals surface area (Å²) >= 11 is 0. The zero-order valence-electron chi connectivity index (χ0n) is 14.8. The third-order valence-electron chi connectivity index (χ3n) is 4.10. The number of nitrogens with zero attached hydrogens (tertiary/aromatic N) is 3. The van der Waals surface area contributed by atoms with E-state index in [-0.39, 0.29) is 11.4 Å². The van der Waals surface area contributed by atoms with Gasteiger partial charge in [0.1, 0.15) is 0 Å². The van der Waals surface area contributed by atoms with Crippen molar-refractivity contribution in [2.75, 3.05) is 4.90 Å². The van der Waals surface area contributed by atoms with Gasteiger partial charge in [-0.05, 0) is 61.4 Å². The van der Waals surface area contributed by atoms with Crippen LogP contribution in [-0.2, 0) is 0 Å². The molecule has 0 atom stereocenters. The van der Waals surface area contributed by atoms with Crippen LogP contribution in [0.2, 0.25) is 0 Å². The second-order valence-corrected chi connectivity index (χ2v) is 6.23. The summed E-state index contributed by atoms with van der Waals surface area (Å²) in [5.74, 6) is 0. The van der Waals surface area contributed by atoms with E-state index in [0.717, 1.165) is 28.2 Å². The van der Waals surface area contributed by atoms with Crippen molar-refractivity contribution in [2.24, 2.45) is 0 Å². The van der Waals surface area contributed by atoms with Crippen molar-refractivity contribution in [1.82, 2.24) is 0 Å². The molecule has 0 aliphatic rings. The molecule has 0 fully saturated rings. The fraction of sp³-hybridized carbons (Fsp3) is 0.100. The van der Waals surface area contributed by atoms with Gasteiger partial charge in [0.2, 0.25) is 0 Å². The van der Waals surface area contributed by atoms with E-state index in [1.54, 1.807) is 24.3 Å². The first-order valence-corrected chi connectivity index (χ1v) is 8.22. The van der Waals surface area contributed by atoms with E-state index in [1.165, 1.54) is 24.3 Å². The molecule has 3 aromatic rings. The monoisotopic (exact) mass is 363 g/mol. The van der Waals surface area contributed by atoms with Crippen LogP contribution in [0.15, 0.2) is 66.7 Å². The lowest BCUT2D eigenvalue weighted by Gasteiger charge is -2.26. The number of rotatable bonds is 5. The quantitative estimate of drug-likeness (QED) is 0.435. The molecule has 136 valence electrons. The van der Waals surface area contributed by atoms with Gasteiger partial charge in [-0.1, -0.05) is 6.07 Å². The zero-order chi connectivity index (χ0) is 19.6. The molecule has 7 heteroatoms. The first-order chi connectivity index (χ1) is 12.8. The zero-order valence-corrected chi connectivity index (χ0v) is 14.8. The molecule has 27 heavy (non-hydrogen) atoms. The Balaban J connectivity index is 2.13. The van der Waals surface area contributed by atoms with Crippen molar-refractivity contribution < 1.29 is 9.85 Å². The Hall–Kier alpha value is -3.74. The second kappa shape index (κ2) is 7.25. The molecular formula is C20H17N3O4. The molecule has 3 rings (SSSR count). The molecule has 0 saturated heterocycles. The number of hydrogen-bond acceptors (Lipinski definition) is 5. The van der Waals surface area contributed by atoms with Crippen molar-refractivity contribution >= 4 is 28.4 Å². The predicted octanol–water partition coefficient (Wildman–Crippen LogP) is 5.59. The van der Waals surface area contributed by atoms with E-state index in [1.807, 2.05) is 36.9 Å². The molecular weight excluding hydrogens is 346 g/mol. The third kappa shape index (κ3) is 3.92. The van der Waals surface area contributed by atoms with Gasteiger partial charge in [0.25, 0.3) is 11.4 Å². The van der Waals surface area contributed by atoms with E-state index < -0.39 is 9.85 Å². The summed E-state index contributed by atoms with van der Waals surface area (Å²) in [6.07, 6.45) is 0. The van der Waals surface area contributed by atoms with Crippen molar-refractivity contribution in [2.45, 2.75) is 13.8 Å². The first kappa shape index (κ1) is 18.1. The van der Waals surface area contributed by atoms with Crippen molar-refractivity contribution in [1.29, 1.82) is 0 Å². The average Bonchev–Trinajstić information content (AvgIpc) is 2.62. The lowest BCUT2D eigenvalue weighted by atomic mass is 10.1. The van der Waals surface area contributed by atoms with Gasteiger partial charge in [-0.25, -0.2) is 0 Å². The Morgan fingerprint density at radius 2 is 1.00 bits per heavy atom. The Labute approximate surface area is 155 Å². The molecule has 0 radical (unpaired) electrons. The highest BCUT2D eigenvalue weighted by Gasteiger charge is 2.16. The van der Waals surface area contributed by atoms with Gasteiger partial charge in [0.05, 0.1) is 9.85 Å². The molecule has 3 aromatic carbocycles. The molecule has 0 amide bonds. The van der Waals surface area contributed by atoms with Crippen LogP contribution in [0.25, 0.3) is 0 Å². The summed E-state index contributed by atoms with van der Waals surface area (Å²) in [5.41, 5.74) is 4.46. The molecule has 0 aromatic heterocycles. The van der Waals surface area contributed by atoms with E-state index in [0.29, 0.717) is 0 Å². The summed E-state index contributed by atoms with van der Waals surface area (Å²) in [5, 5.41) is 21.9. The maximum absolute atomic E-state index is 10.9. The molecule has 0 spiro atoms. The number of nitro benzene ring substituents is 2. The van der Waals surface area contributed by atoms with Crippen molar-refractivity contribution in [3.05, 3.63) is 98.1 Å². The molecule has 7 nitrogen and oxygen atoms in total. The second-order valence-electron chi connectivity index (χ2n) is 6.23. The van der Waals surface area contributed by atoms with Gasteiger partial charge >= 0.3 is 0 Å². The van der Waals surface area contributed by atoms with Gasteiger partial charge < -0.3 is 4.90 Å². The first-order valence-electron chi connectivity index (χ1n) is 8.22. The number of non-ortho nitro benzene ring substituents is 2. The minimum absolute atomic E-state index is 0.00261. The minimum atomic E-state index is -0.448. The van der Waals surface area contributed by atoms with Crippen LogP contribution in [0.1, 0.15) is 11.1 Å². The number of aryl methyl sites for hydroxylation is 2. The molecule has 0 aliphatic carbocycles. The SMILES string of the molecule is Cc1cc(C)cc(N(c2ccc([N+](=O)[O-])cc2)c2ccc([N+](=O)[O-])cc2)c1. The molecule has 0 saturated carbocycles. The van der Waals surface area contributed by atoms with E-state index >= 15 is 0 Å². The van der Waals surface area contributed by atoms with Gasteiger partial charge in [-0.2, -0.15) is 0 Å². The Bertz CT molecular complexity index is 921. The van der Waals surface area contributed by atoms with E-state index in [4.69, 9.17) is 0 Å². The summed E-state index contributed by atoms with van der Waals surface area (Å²) in [4.78, 5) is 22.9. The summed E-state index contributed by atoms with van der Waals surface area (Å²) in [7, 11) is 0. The van der Waals surface area contributed by atoms with Gasteiger partial charge in [-0.15, -0.1) is 0 Å². The Kier molecular flexibility index (Phi) is 4.85. The van der Waals surface area contributed by atoms with Crippen LogP contribution < -0.4 is 4.90 Å². The highest BCUT2D eigenvalue weighted by Crippen LogP contribution is 2.36. The third-order valence-corrected chi connectivity index (χ3v) is 4.10. The number of hydrogen-bond donors (Lipinski definition) is 0. The highest BCUT2D eigenvalue weighted by molar-refractivity contribution is 5.78. The molecule has 0 unspecified atom stereocenters. The standard InChI is InChI=1S/C20H17N3O4/c1-14-11-15(2)13-20(12-14)21(16-3-7-18(8-4-16)22(24)25)17-5-9-19(10-6-17)23(26)27/h3-13H,1-2H3. The molecule has 0 bridgehead atoms. The predicted molar refractivity (Wildman–Crippen MR) is 104 cm³/mol.